The number of methoxy groups -OCH3 is 2. The number of likely N-dealkylation sites (tertiary alicyclic amines) is 1. The number of fused-ring (bicyclic) bond motifs is 1. The van der Waals surface area contributed by atoms with Crippen LogP contribution in [0.1, 0.15) is 44.1 Å². The molecular weight excluding hydrogens is 318 g/mol. The van der Waals surface area contributed by atoms with E-state index in [0.29, 0.717) is 18.9 Å². The van der Waals surface area contributed by atoms with Crippen LogP contribution < -0.4 is 9.47 Å². The molecule has 1 aliphatic heterocycles. The molecule has 0 amide bonds. The first-order valence-corrected chi connectivity index (χ1v) is 9.24. The van der Waals surface area contributed by atoms with Crippen LogP contribution in [0.25, 0.3) is 0 Å². The predicted molar refractivity (Wildman–Crippen MR) is 97.4 cm³/mol. The summed E-state index contributed by atoms with van der Waals surface area (Å²) in [5, 5.41) is 20.2. The van der Waals surface area contributed by atoms with Gasteiger partial charge in [0.1, 0.15) is 0 Å². The summed E-state index contributed by atoms with van der Waals surface area (Å²) in [6.07, 6.45) is 4.94. The second kappa shape index (κ2) is 7.14. The molecule has 1 saturated heterocycles. The fourth-order valence-corrected chi connectivity index (χ4v) is 4.94. The maximum atomic E-state index is 11.0. The van der Waals surface area contributed by atoms with Crippen LogP contribution >= 0.6 is 0 Å². The zero-order valence-corrected chi connectivity index (χ0v) is 15.6. The van der Waals surface area contributed by atoms with Crippen molar-refractivity contribution < 1.29 is 19.7 Å². The Morgan fingerprint density at radius 1 is 1.16 bits per heavy atom. The third-order valence-electron chi connectivity index (χ3n) is 6.45. The van der Waals surface area contributed by atoms with E-state index in [9.17, 15) is 5.11 Å². The summed E-state index contributed by atoms with van der Waals surface area (Å²) in [5.74, 6) is 1.52. The van der Waals surface area contributed by atoms with Crippen LogP contribution in [0.5, 0.6) is 11.5 Å². The normalized spacial score (nSPS) is 32.4. The van der Waals surface area contributed by atoms with Crippen molar-refractivity contribution in [1.29, 1.82) is 0 Å². The average molecular weight is 349 g/mol. The molecule has 3 atom stereocenters. The van der Waals surface area contributed by atoms with E-state index in [1.807, 2.05) is 6.07 Å². The molecule has 1 aromatic rings. The molecule has 0 spiro atoms. The Hall–Kier alpha value is -1.30. The van der Waals surface area contributed by atoms with E-state index in [2.05, 4.69) is 24.1 Å². The minimum atomic E-state index is -0.661. The first kappa shape index (κ1) is 18.5. The van der Waals surface area contributed by atoms with Crippen LogP contribution in [-0.4, -0.2) is 61.2 Å². The summed E-state index contributed by atoms with van der Waals surface area (Å²) in [5.41, 5.74) is 0.676. The molecule has 1 saturated carbocycles. The van der Waals surface area contributed by atoms with Gasteiger partial charge in [-0.3, -0.25) is 0 Å². The molecule has 1 aromatic carbocycles. The lowest BCUT2D eigenvalue weighted by molar-refractivity contribution is -0.0482. The minimum Gasteiger partial charge on any atom is -0.493 e. The molecule has 1 heterocycles. The second-order valence-corrected chi connectivity index (χ2v) is 7.73. The summed E-state index contributed by atoms with van der Waals surface area (Å²) in [6.45, 7) is 1.18. The molecule has 2 N–H and O–H groups in total. The number of aliphatic hydroxyl groups is 2. The standard InChI is InChI=1S/C20H31NO4/c1-21-11-10-20(15-5-6-16(24-2)17(13-15)25-3)9-8-19(23,7-4-12-22)14-18(20)21/h5-6,13,18,22-23H,4,7-12,14H2,1-3H3/t18-,19?,20-/m0/s1. The third-order valence-corrected chi connectivity index (χ3v) is 6.45. The van der Waals surface area contributed by atoms with Gasteiger partial charge in [0.25, 0.3) is 0 Å². The van der Waals surface area contributed by atoms with Crippen molar-refractivity contribution in [3.05, 3.63) is 23.8 Å². The first-order chi connectivity index (χ1) is 12.0. The molecule has 3 rings (SSSR count). The molecule has 0 aromatic heterocycles. The Bertz CT molecular complexity index is 607. The van der Waals surface area contributed by atoms with Gasteiger partial charge in [0, 0.05) is 18.1 Å². The van der Waals surface area contributed by atoms with Gasteiger partial charge >= 0.3 is 0 Å². The van der Waals surface area contributed by atoms with Crippen molar-refractivity contribution >= 4 is 0 Å². The fraction of sp³-hybridized carbons (Fsp3) is 0.700. The van der Waals surface area contributed by atoms with Gasteiger partial charge < -0.3 is 24.6 Å². The number of hydrogen-bond donors (Lipinski definition) is 2. The van der Waals surface area contributed by atoms with E-state index in [4.69, 9.17) is 14.6 Å². The summed E-state index contributed by atoms with van der Waals surface area (Å²) < 4.78 is 10.9. The Balaban J connectivity index is 1.92. The van der Waals surface area contributed by atoms with Gasteiger partial charge in [-0.05, 0) is 69.8 Å². The largest absolute Gasteiger partial charge is 0.493 e. The Morgan fingerprint density at radius 3 is 2.60 bits per heavy atom. The molecule has 1 unspecified atom stereocenters. The zero-order valence-electron chi connectivity index (χ0n) is 15.6. The molecule has 0 radical (unpaired) electrons. The average Bonchev–Trinajstić information content (AvgIpc) is 2.96. The Morgan fingerprint density at radius 2 is 1.92 bits per heavy atom. The van der Waals surface area contributed by atoms with Gasteiger partial charge in [-0.25, -0.2) is 0 Å². The number of ether oxygens (including phenoxy) is 2. The predicted octanol–water partition coefficient (Wildman–Crippen LogP) is 2.33. The van der Waals surface area contributed by atoms with Crippen LogP contribution in [0.3, 0.4) is 0 Å². The molecule has 2 fully saturated rings. The highest BCUT2D eigenvalue weighted by atomic mass is 16.5. The van der Waals surface area contributed by atoms with Gasteiger partial charge in [0.05, 0.1) is 19.8 Å². The van der Waals surface area contributed by atoms with E-state index in [1.165, 1.54) is 5.56 Å². The summed E-state index contributed by atoms with van der Waals surface area (Å²) in [6, 6.07) is 6.57. The molecule has 2 aliphatic rings. The summed E-state index contributed by atoms with van der Waals surface area (Å²) in [7, 11) is 5.49. The maximum absolute atomic E-state index is 11.0. The van der Waals surface area contributed by atoms with Gasteiger partial charge in [0.2, 0.25) is 0 Å². The van der Waals surface area contributed by atoms with Crippen molar-refractivity contribution in [2.45, 2.75) is 55.6 Å². The van der Waals surface area contributed by atoms with Crippen molar-refractivity contribution in [1.82, 2.24) is 4.90 Å². The number of likely N-dealkylation sites (N-methyl/N-ethyl adjacent to an activating group) is 1. The summed E-state index contributed by atoms with van der Waals surface area (Å²) >= 11 is 0. The van der Waals surface area contributed by atoms with Crippen LogP contribution in [0, 0.1) is 0 Å². The minimum absolute atomic E-state index is 0.0553. The van der Waals surface area contributed by atoms with Gasteiger partial charge in [-0.2, -0.15) is 0 Å². The highest BCUT2D eigenvalue weighted by Gasteiger charge is 2.53. The number of rotatable bonds is 6. The maximum Gasteiger partial charge on any atom is 0.161 e. The number of aliphatic hydroxyl groups excluding tert-OH is 1. The molecular formula is C20H31NO4. The van der Waals surface area contributed by atoms with Crippen molar-refractivity contribution in [2.24, 2.45) is 0 Å². The quantitative estimate of drug-likeness (QED) is 0.825. The van der Waals surface area contributed by atoms with Crippen molar-refractivity contribution in [3.63, 3.8) is 0 Å². The van der Waals surface area contributed by atoms with E-state index in [-0.39, 0.29) is 12.0 Å². The molecule has 5 nitrogen and oxygen atoms in total. The molecule has 0 bridgehead atoms. The van der Waals surface area contributed by atoms with E-state index in [1.54, 1.807) is 14.2 Å². The second-order valence-electron chi connectivity index (χ2n) is 7.73. The number of nitrogens with zero attached hydrogens (tertiary/aromatic N) is 1. The number of hydrogen-bond acceptors (Lipinski definition) is 5. The fourth-order valence-electron chi connectivity index (χ4n) is 4.94. The lowest BCUT2D eigenvalue weighted by atomic mass is 9.61. The Labute approximate surface area is 150 Å². The van der Waals surface area contributed by atoms with Gasteiger partial charge in [-0.15, -0.1) is 0 Å². The zero-order chi connectivity index (χ0) is 18.1. The lowest BCUT2D eigenvalue weighted by Crippen LogP contribution is -2.52. The number of benzene rings is 1. The molecule has 140 valence electrons. The summed E-state index contributed by atoms with van der Waals surface area (Å²) in [4.78, 5) is 2.39. The monoisotopic (exact) mass is 349 g/mol. The highest BCUT2D eigenvalue weighted by Crippen LogP contribution is 2.52. The van der Waals surface area contributed by atoms with Gasteiger partial charge in [0.15, 0.2) is 11.5 Å². The molecule has 25 heavy (non-hydrogen) atoms. The third kappa shape index (κ3) is 3.25. The lowest BCUT2D eigenvalue weighted by Gasteiger charge is -2.48. The topological polar surface area (TPSA) is 62.2 Å². The highest BCUT2D eigenvalue weighted by molar-refractivity contribution is 5.46. The Kier molecular flexibility index (Phi) is 5.28. The first-order valence-electron chi connectivity index (χ1n) is 9.24. The SMILES string of the molecule is COc1ccc([C@]23CCN(C)[C@H]2CC(O)(CCCO)CC3)cc1OC. The van der Waals surface area contributed by atoms with E-state index in [0.717, 1.165) is 43.7 Å². The van der Waals surface area contributed by atoms with Crippen molar-refractivity contribution in [3.8, 4) is 11.5 Å². The molecule has 1 aliphatic carbocycles. The smallest absolute Gasteiger partial charge is 0.161 e. The van der Waals surface area contributed by atoms with Crippen LogP contribution in [0.15, 0.2) is 18.2 Å². The van der Waals surface area contributed by atoms with Crippen molar-refractivity contribution in [2.75, 3.05) is 34.4 Å². The van der Waals surface area contributed by atoms with Gasteiger partial charge in [-0.1, -0.05) is 6.07 Å². The van der Waals surface area contributed by atoms with Crippen LogP contribution in [0.2, 0.25) is 0 Å². The van der Waals surface area contributed by atoms with E-state index < -0.39 is 5.60 Å². The molecule has 5 heteroatoms. The van der Waals surface area contributed by atoms with Crippen LogP contribution in [-0.2, 0) is 5.41 Å². The van der Waals surface area contributed by atoms with Crippen LogP contribution in [0.4, 0.5) is 0 Å². The van der Waals surface area contributed by atoms with E-state index >= 15 is 0 Å².